The lowest BCUT2D eigenvalue weighted by atomic mass is 10.1. The zero-order chi connectivity index (χ0) is 14.8. The summed E-state index contributed by atoms with van der Waals surface area (Å²) in [6, 6.07) is 1.88. The summed E-state index contributed by atoms with van der Waals surface area (Å²) in [7, 11) is -2.99. The van der Waals surface area contributed by atoms with Crippen LogP contribution in [0.5, 0.6) is 0 Å². The van der Waals surface area contributed by atoms with Crippen molar-refractivity contribution in [2.24, 2.45) is 0 Å². The number of nitrogens with one attached hydrogen (secondary N) is 1. The Hall–Kier alpha value is -0.880. The molecule has 2 rings (SSSR count). The molecular weight excluding hydrogens is 294 g/mol. The van der Waals surface area contributed by atoms with Crippen LogP contribution in [0.2, 0.25) is 0 Å². The Bertz CT molecular complexity index is 577. The van der Waals surface area contributed by atoms with Crippen LogP contribution in [0.3, 0.4) is 0 Å². The molecule has 0 unspecified atom stereocenters. The van der Waals surface area contributed by atoms with Gasteiger partial charge in [-0.1, -0.05) is 0 Å². The predicted molar refractivity (Wildman–Crippen MR) is 81.8 cm³/mol. The fourth-order valence-electron chi connectivity index (χ4n) is 2.50. The number of aryl methyl sites for hydroxylation is 2. The molecule has 0 aromatic carbocycles. The zero-order valence-electron chi connectivity index (χ0n) is 11.9. The maximum Gasteiger partial charge on any atom is 0.220 e. The molecule has 0 aliphatic carbocycles. The molecular formula is C14H21NO3S2. The van der Waals surface area contributed by atoms with E-state index >= 15 is 0 Å². The van der Waals surface area contributed by atoms with Crippen molar-refractivity contribution in [1.82, 2.24) is 5.32 Å². The molecule has 1 amide bonds. The second-order valence-electron chi connectivity index (χ2n) is 5.42. The first kappa shape index (κ1) is 15.5. The summed E-state index contributed by atoms with van der Waals surface area (Å²) < 4.78 is 23.2. The maximum absolute atomic E-state index is 11.9. The normalized spacial score (nSPS) is 24.7. The van der Waals surface area contributed by atoms with Gasteiger partial charge in [-0.3, -0.25) is 4.79 Å². The van der Waals surface area contributed by atoms with Crippen LogP contribution in [0.1, 0.15) is 36.6 Å². The number of thiophene rings is 1. The Morgan fingerprint density at radius 1 is 1.50 bits per heavy atom. The van der Waals surface area contributed by atoms with Crippen molar-refractivity contribution < 1.29 is 13.2 Å². The van der Waals surface area contributed by atoms with E-state index in [0.717, 1.165) is 12.8 Å². The van der Waals surface area contributed by atoms with Crippen LogP contribution in [-0.4, -0.2) is 31.4 Å². The number of sulfone groups is 1. The number of hydrogen-bond donors (Lipinski definition) is 1. The predicted octanol–water partition coefficient (Wildman–Crippen LogP) is 2.07. The molecule has 1 aliphatic heterocycles. The summed E-state index contributed by atoms with van der Waals surface area (Å²) in [4.78, 5) is 13.2. The molecule has 1 saturated heterocycles. The van der Waals surface area contributed by atoms with Crippen LogP contribution in [0.15, 0.2) is 11.4 Å². The second kappa shape index (κ2) is 6.26. The van der Waals surface area contributed by atoms with Gasteiger partial charge in [-0.05, 0) is 50.1 Å². The molecule has 1 aromatic heterocycles. The molecule has 4 nitrogen and oxygen atoms in total. The molecule has 0 spiro atoms. The molecule has 1 fully saturated rings. The van der Waals surface area contributed by atoms with Crippen LogP contribution in [0.4, 0.5) is 0 Å². The fourth-order valence-corrected chi connectivity index (χ4v) is 5.11. The highest BCUT2D eigenvalue weighted by atomic mass is 32.2. The van der Waals surface area contributed by atoms with E-state index in [9.17, 15) is 13.2 Å². The standard InChI is InChI=1S/C14H21NO3S2/c1-10-6-8-19-13(10)4-3-5-14(16)15-12-7-9-20(17,18)11(12)2/h6,8,11-12H,3-5,7,9H2,1-2H3,(H,15,16)/t11-,12-/m0/s1. The topological polar surface area (TPSA) is 63.2 Å². The Balaban J connectivity index is 1.75. The summed E-state index contributed by atoms with van der Waals surface area (Å²) in [5.74, 6) is 0.154. The van der Waals surface area contributed by atoms with Crippen LogP contribution in [0, 0.1) is 6.92 Å². The Labute approximate surface area is 124 Å². The van der Waals surface area contributed by atoms with Gasteiger partial charge in [-0.15, -0.1) is 11.3 Å². The minimum absolute atomic E-state index is 0.0341. The van der Waals surface area contributed by atoms with E-state index in [2.05, 4.69) is 23.7 Å². The number of rotatable bonds is 5. The van der Waals surface area contributed by atoms with Gasteiger partial charge < -0.3 is 5.32 Å². The summed E-state index contributed by atoms with van der Waals surface area (Å²) in [5, 5.41) is 4.48. The van der Waals surface area contributed by atoms with Crippen molar-refractivity contribution in [1.29, 1.82) is 0 Å². The van der Waals surface area contributed by atoms with E-state index in [0.29, 0.717) is 12.8 Å². The van der Waals surface area contributed by atoms with E-state index in [-0.39, 0.29) is 17.7 Å². The Kier molecular flexibility index (Phi) is 4.86. The summed E-state index contributed by atoms with van der Waals surface area (Å²) in [5.41, 5.74) is 1.28. The third-order valence-electron chi connectivity index (χ3n) is 3.97. The highest BCUT2D eigenvalue weighted by Gasteiger charge is 2.37. The Morgan fingerprint density at radius 3 is 2.80 bits per heavy atom. The first-order valence-corrected chi connectivity index (χ1v) is 9.53. The lowest BCUT2D eigenvalue weighted by Crippen LogP contribution is -2.40. The highest BCUT2D eigenvalue weighted by molar-refractivity contribution is 7.92. The van der Waals surface area contributed by atoms with Crippen molar-refractivity contribution in [2.45, 2.75) is 50.8 Å². The number of amides is 1. The van der Waals surface area contributed by atoms with Crippen molar-refractivity contribution in [3.05, 3.63) is 21.9 Å². The molecule has 20 heavy (non-hydrogen) atoms. The lowest BCUT2D eigenvalue weighted by molar-refractivity contribution is -0.121. The van der Waals surface area contributed by atoms with E-state index < -0.39 is 15.1 Å². The molecule has 0 saturated carbocycles. The zero-order valence-corrected chi connectivity index (χ0v) is 13.5. The van der Waals surface area contributed by atoms with Crippen LogP contribution in [-0.2, 0) is 21.1 Å². The molecule has 2 heterocycles. The van der Waals surface area contributed by atoms with Gasteiger partial charge in [-0.25, -0.2) is 8.42 Å². The second-order valence-corrected chi connectivity index (χ2v) is 8.89. The minimum atomic E-state index is -2.99. The highest BCUT2D eigenvalue weighted by Crippen LogP contribution is 2.21. The van der Waals surface area contributed by atoms with Gasteiger partial charge in [0.1, 0.15) is 0 Å². The first-order valence-electron chi connectivity index (χ1n) is 6.94. The molecule has 112 valence electrons. The first-order chi connectivity index (χ1) is 9.40. The van der Waals surface area contributed by atoms with E-state index in [1.54, 1.807) is 18.3 Å². The maximum atomic E-state index is 11.9. The van der Waals surface area contributed by atoms with Gasteiger partial charge in [0.05, 0.1) is 11.0 Å². The Morgan fingerprint density at radius 2 is 2.25 bits per heavy atom. The van der Waals surface area contributed by atoms with Crippen LogP contribution < -0.4 is 5.32 Å². The number of carbonyl (C=O) groups excluding carboxylic acids is 1. The van der Waals surface area contributed by atoms with Gasteiger partial charge in [-0.2, -0.15) is 0 Å². The molecule has 2 atom stereocenters. The van der Waals surface area contributed by atoms with Gasteiger partial charge in [0.25, 0.3) is 0 Å². The average Bonchev–Trinajstić information content (AvgIpc) is 2.89. The largest absolute Gasteiger partial charge is 0.352 e. The van der Waals surface area contributed by atoms with Crippen molar-refractivity contribution in [3.8, 4) is 0 Å². The molecule has 1 aliphatic rings. The van der Waals surface area contributed by atoms with Crippen molar-refractivity contribution in [2.75, 3.05) is 5.75 Å². The molecule has 0 bridgehead atoms. The molecule has 1 N–H and O–H groups in total. The van der Waals surface area contributed by atoms with Gasteiger partial charge >= 0.3 is 0 Å². The summed E-state index contributed by atoms with van der Waals surface area (Å²) in [6.45, 7) is 3.76. The van der Waals surface area contributed by atoms with E-state index in [1.165, 1.54) is 10.4 Å². The third-order valence-corrected chi connectivity index (χ3v) is 7.32. The SMILES string of the molecule is Cc1ccsc1CCCC(=O)N[C@H]1CCS(=O)(=O)[C@H]1C. The van der Waals surface area contributed by atoms with Crippen LogP contribution in [0.25, 0.3) is 0 Å². The molecule has 1 aromatic rings. The van der Waals surface area contributed by atoms with Crippen molar-refractivity contribution >= 4 is 27.1 Å². The van der Waals surface area contributed by atoms with Gasteiger partial charge in [0.2, 0.25) is 5.91 Å². The molecule has 0 radical (unpaired) electrons. The lowest BCUT2D eigenvalue weighted by Gasteiger charge is -2.16. The minimum Gasteiger partial charge on any atom is -0.352 e. The summed E-state index contributed by atoms with van der Waals surface area (Å²) in [6.07, 6.45) is 2.72. The quantitative estimate of drug-likeness (QED) is 0.905. The fraction of sp³-hybridized carbons (Fsp3) is 0.643. The third kappa shape index (κ3) is 3.61. The average molecular weight is 315 g/mol. The van der Waals surface area contributed by atoms with E-state index in [4.69, 9.17) is 0 Å². The van der Waals surface area contributed by atoms with Gasteiger partial charge in [0, 0.05) is 17.3 Å². The number of hydrogen-bond acceptors (Lipinski definition) is 4. The van der Waals surface area contributed by atoms with Crippen molar-refractivity contribution in [3.63, 3.8) is 0 Å². The van der Waals surface area contributed by atoms with Gasteiger partial charge in [0.15, 0.2) is 9.84 Å². The van der Waals surface area contributed by atoms with E-state index in [1.807, 2.05) is 0 Å². The van der Waals surface area contributed by atoms with Crippen LogP contribution >= 0.6 is 11.3 Å². The monoisotopic (exact) mass is 315 g/mol. The number of carbonyl (C=O) groups is 1. The molecule has 6 heteroatoms. The smallest absolute Gasteiger partial charge is 0.220 e. The summed E-state index contributed by atoms with van der Waals surface area (Å²) >= 11 is 1.72.